The van der Waals surface area contributed by atoms with Gasteiger partial charge in [0.2, 0.25) is 5.91 Å². The number of piperidine rings is 1. The van der Waals surface area contributed by atoms with Gasteiger partial charge >= 0.3 is 0 Å². The fourth-order valence-corrected chi connectivity index (χ4v) is 5.78. The lowest BCUT2D eigenvalue weighted by Crippen LogP contribution is -2.44. The number of hydrogen-bond acceptors (Lipinski definition) is 6. The monoisotopic (exact) mass is 471 g/mol. The Morgan fingerprint density at radius 2 is 1.91 bits per heavy atom. The number of likely N-dealkylation sites (tertiary alicyclic amines) is 1. The van der Waals surface area contributed by atoms with E-state index in [0.29, 0.717) is 17.0 Å². The number of sulfone groups is 1. The molecule has 176 valence electrons. The molecule has 0 aromatic heterocycles. The number of hydrogen-bond donors (Lipinski definition) is 2. The lowest BCUT2D eigenvalue weighted by molar-refractivity contribution is -0.121. The number of rotatable bonds is 7. The number of amides is 2. The Kier molecular flexibility index (Phi) is 6.99. The molecule has 2 N–H and O–H groups in total. The third-order valence-electron chi connectivity index (χ3n) is 6.04. The van der Waals surface area contributed by atoms with Gasteiger partial charge in [0.1, 0.15) is 5.75 Å². The normalized spacial score (nSPS) is 17.1. The summed E-state index contributed by atoms with van der Waals surface area (Å²) in [4.78, 5) is 26.4. The summed E-state index contributed by atoms with van der Waals surface area (Å²) in [5.41, 5.74) is 2.24. The number of nitrogens with one attached hydrogen (secondary N) is 2. The van der Waals surface area contributed by atoms with Crippen molar-refractivity contribution in [2.24, 2.45) is 0 Å². The average Bonchev–Trinajstić information content (AvgIpc) is 2.79. The van der Waals surface area contributed by atoms with Crippen molar-refractivity contribution >= 4 is 27.3 Å². The quantitative estimate of drug-likeness (QED) is 0.642. The van der Waals surface area contributed by atoms with Gasteiger partial charge in [0.05, 0.1) is 16.3 Å². The van der Waals surface area contributed by atoms with Crippen LogP contribution < -0.4 is 15.4 Å². The first-order valence-corrected chi connectivity index (χ1v) is 12.8. The number of fused-ring (bicyclic) bond motifs is 1. The summed E-state index contributed by atoms with van der Waals surface area (Å²) >= 11 is 0. The third kappa shape index (κ3) is 5.91. The molecule has 4 rings (SSSR count). The van der Waals surface area contributed by atoms with Crippen molar-refractivity contribution in [1.29, 1.82) is 0 Å². The SMILES string of the molecule is Cc1cc2c(cc1S(=O)(=O)CCC(=O)NC1CCN(Cc3ccccc3)CC1)OCC(=O)N2. The van der Waals surface area contributed by atoms with Crippen molar-refractivity contribution in [3.05, 3.63) is 53.6 Å². The van der Waals surface area contributed by atoms with Gasteiger partial charge in [0, 0.05) is 38.2 Å². The van der Waals surface area contributed by atoms with Crippen molar-refractivity contribution in [2.45, 2.75) is 43.7 Å². The maximum atomic E-state index is 12.9. The van der Waals surface area contributed by atoms with Gasteiger partial charge in [-0.05, 0) is 37.0 Å². The number of carbonyl (C=O) groups is 2. The summed E-state index contributed by atoms with van der Waals surface area (Å²) in [6, 6.07) is 13.4. The summed E-state index contributed by atoms with van der Waals surface area (Å²) in [5.74, 6) is -0.484. The lowest BCUT2D eigenvalue weighted by atomic mass is 10.0. The maximum Gasteiger partial charge on any atom is 0.262 e. The molecule has 9 heteroatoms. The Balaban J connectivity index is 1.27. The Morgan fingerprint density at radius 1 is 1.18 bits per heavy atom. The van der Waals surface area contributed by atoms with Crippen LogP contribution in [0.15, 0.2) is 47.4 Å². The number of benzene rings is 2. The van der Waals surface area contributed by atoms with Gasteiger partial charge in [-0.1, -0.05) is 30.3 Å². The Labute approximate surface area is 194 Å². The van der Waals surface area contributed by atoms with Crippen molar-refractivity contribution in [3.8, 4) is 5.75 Å². The molecule has 0 bridgehead atoms. The molecular weight excluding hydrogens is 442 g/mol. The molecule has 0 radical (unpaired) electrons. The Hall–Kier alpha value is -2.91. The van der Waals surface area contributed by atoms with Gasteiger partial charge in [-0.25, -0.2) is 8.42 Å². The Bertz CT molecular complexity index is 1130. The maximum absolute atomic E-state index is 12.9. The minimum Gasteiger partial charge on any atom is -0.482 e. The molecular formula is C24H29N3O5S. The summed E-state index contributed by atoms with van der Waals surface area (Å²) in [6.45, 7) is 4.19. The van der Waals surface area contributed by atoms with Crippen LogP contribution in [0.2, 0.25) is 0 Å². The average molecular weight is 472 g/mol. The van der Waals surface area contributed by atoms with E-state index in [0.717, 1.165) is 32.5 Å². The van der Waals surface area contributed by atoms with E-state index in [1.807, 2.05) is 18.2 Å². The molecule has 2 aromatic carbocycles. The molecule has 2 aliphatic heterocycles. The lowest BCUT2D eigenvalue weighted by Gasteiger charge is -2.32. The summed E-state index contributed by atoms with van der Waals surface area (Å²) < 4.78 is 31.1. The molecule has 0 saturated carbocycles. The van der Waals surface area contributed by atoms with Crippen LogP contribution in [0.3, 0.4) is 0 Å². The third-order valence-corrected chi connectivity index (χ3v) is 7.90. The van der Waals surface area contributed by atoms with E-state index in [1.165, 1.54) is 11.6 Å². The molecule has 2 aromatic rings. The zero-order chi connectivity index (χ0) is 23.4. The highest BCUT2D eigenvalue weighted by Crippen LogP contribution is 2.33. The van der Waals surface area contributed by atoms with Crippen LogP contribution in [0.4, 0.5) is 5.69 Å². The number of nitrogens with zero attached hydrogens (tertiary/aromatic N) is 1. The van der Waals surface area contributed by atoms with Gasteiger partial charge < -0.3 is 15.4 Å². The second-order valence-electron chi connectivity index (χ2n) is 8.62. The summed E-state index contributed by atoms with van der Waals surface area (Å²) in [5, 5.41) is 5.66. The standard InChI is InChI=1S/C24H29N3O5S/c1-17-13-20-21(32-16-24(29)26-20)14-22(17)33(30,31)12-9-23(28)25-19-7-10-27(11-8-19)15-18-5-3-2-4-6-18/h2-6,13-14,19H,7-12,15-16H2,1H3,(H,25,28)(H,26,29). The smallest absolute Gasteiger partial charge is 0.262 e. The fraction of sp³-hybridized carbons (Fsp3) is 0.417. The number of carbonyl (C=O) groups excluding carboxylic acids is 2. The number of ether oxygens (including phenoxy) is 1. The molecule has 2 heterocycles. The summed E-state index contributed by atoms with van der Waals surface area (Å²) in [7, 11) is -3.68. The molecule has 2 aliphatic rings. The zero-order valence-electron chi connectivity index (χ0n) is 18.7. The molecule has 1 saturated heterocycles. The minimum atomic E-state index is -3.68. The summed E-state index contributed by atoms with van der Waals surface area (Å²) in [6.07, 6.45) is 1.59. The zero-order valence-corrected chi connectivity index (χ0v) is 19.5. The van der Waals surface area contributed by atoms with E-state index in [2.05, 4.69) is 27.7 Å². The number of anilines is 1. The van der Waals surface area contributed by atoms with Crippen LogP contribution in [-0.2, 0) is 26.0 Å². The van der Waals surface area contributed by atoms with Crippen molar-refractivity contribution < 1.29 is 22.7 Å². The highest BCUT2D eigenvalue weighted by atomic mass is 32.2. The highest BCUT2D eigenvalue weighted by Gasteiger charge is 2.25. The van der Waals surface area contributed by atoms with Crippen molar-refractivity contribution in [3.63, 3.8) is 0 Å². The van der Waals surface area contributed by atoms with Crippen molar-refractivity contribution in [2.75, 3.05) is 30.8 Å². The molecule has 0 spiro atoms. The second-order valence-corrected chi connectivity index (χ2v) is 10.7. The predicted molar refractivity (Wildman–Crippen MR) is 125 cm³/mol. The largest absolute Gasteiger partial charge is 0.482 e. The second kappa shape index (κ2) is 9.93. The first kappa shape index (κ1) is 23.3. The highest BCUT2D eigenvalue weighted by molar-refractivity contribution is 7.91. The van der Waals surface area contributed by atoms with Crippen LogP contribution in [0.25, 0.3) is 0 Å². The first-order chi connectivity index (χ1) is 15.8. The minimum absolute atomic E-state index is 0.0646. The van der Waals surface area contributed by atoms with E-state index in [9.17, 15) is 18.0 Å². The van der Waals surface area contributed by atoms with Gasteiger partial charge in [-0.15, -0.1) is 0 Å². The van der Waals surface area contributed by atoms with Gasteiger partial charge in [-0.2, -0.15) is 0 Å². The van der Waals surface area contributed by atoms with Crippen LogP contribution in [0, 0.1) is 6.92 Å². The molecule has 2 amide bonds. The first-order valence-electron chi connectivity index (χ1n) is 11.2. The molecule has 1 fully saturated rings. The van der Waals surface area contributed by atoms with Gasteiger partial charge in [0.15, 0.2) is 16.4 Å². The molecule has 0 unspecified atom stereocenters. The van der Waals surface area contributed by atoms with Crippen LogP contribution in [-0.4, -0.2) is 56.6 Å². The molecule has 0 aliphatic carbocycles. The van der Waals surface area contributed by atoms with Gasteiger partial charge in [0.25, 0.3) is 5.91 Å². The Morgan fingerprint density at radius 3 is 2.64 bits per heavy atom. The van der Waals surface area contributed by atoms with E-state index >= 15 is 0 Å². The van der Waals surface area contributed by atoms with Crippen LogP contribution in [0.1, 0.15) is 30.4 Å². The van der Waals surface area contributed by atoms with E-state index in [4.69, 9.17) is 4.74 Å². The van der Waals surface area contributed by atoms with Crippen LogP contribution >= 0.6 is 0 Å². The topological polar surface area (TPSA) is 105 Å². The molecule has 0 atom stereocenters. The number of aryl methyl sites for hydroxylation is 1. The predicted octanol–water partition coefficient (Wildman–Crippen LogP) is 2.27. The molecule has 8 nitrogen and oxygen atoms in total. The van der Waals surface area contributed by atoms with E-state index < -0.39 is 9.84 Å². The van der Waals surface area contributed by atoms with Crippen LogP contribution in [0.5, 0.6) is 5.75 Å². The molecule has 33 heavy (non-hydrogen) atoms. The fourth-order valence-electron chi connectivity index (χ4n) is 4.27. The van der Waals surface area contributed by atoms with Gasteiger partial charge in [-0.3, -0.25) is 14.5 Å². The van der Waals surface area contributed by atoms with E-state index in [-0.39, 0.29) is 41.5 Å². The van der Waals surface area contributed by atoms with E-state index in [1.54, 1.807) is 13.0 Å². The van der Waals surface area contributed by atoms with Crippen molar-refractivity contribution in [1.82, 2.24) is 10.2 Å².